The van der Waals surface area contributed by atoms with E-state index in [-0.39, 0.29) is 17.7 Å². The van der Waals surface area contributed by atoms with Gasteiger partial charge in [-0.2, -0.15) is 5.21 Å². The van der Waals surface area contributed by atoms with Gasteiger partial charge in [-0.15, -0.1) is 10.2 Å². The first-order chi connectivity index (χ1) is 9.15. The number of nitrogens with zero attached hydrogens (tertiary/aromatic N) is 3. The molecular formula is C12H13N5O2. The van der Waals surface area contributed by atoms with Gasteiger partial charge in [-0.3, -0.25) is 4.79 Å². The normalized spacial score (nSPS) is 12.5. The lowest BCUT2D eigenvalue weighted by Gasteiger charge is -2.06. The molecule has 1 aromatic heterocycles. The molecule has 0 saturated heterocycles. The van der Waals surface area contributed by atoms with Gasteiger partial charge in [0.25, 0.3) is 0 Å². The second-order valence-corrected chi connectivity index (χ2v) is 3.93. The van der Waals surface area contributed by atoms with E-state index in [9.17, 15) is 4.79 Å². The van der Waals surface area contributed by atoms with Crippen molar-refractivity contribution in [3.63, 3.8) is 0 Å². The van der Waals surface area contributed by atoms with Crippen molar-refractivity contribution in [3.05, 3.63) is 41.7 Å². The maximum atomic E-state index is 11.7. The number of H-pyrrole nitrogens is 1. The Hall–Kier alpha value is -2.70. The molecule has 98 valence electrons. The number of amides is 1. The number of rotatable bonds is 4. The fourth-order valence-corrected chi connectivity index (χ4v) is 1.44. The predicted molar refractivity (Wildman–Crippen MR) is 67.9 cm³/mol. The maximum Gasteiger partial charge on any atom is 0.244 e. The SMILES string of the molecule is CC(NC(=O)C=Cc1ccc(O)cc1)c1nn[nH]n1. The van der Waals surface area contributed by atoms with Gasteiger partial charge in [-0.1, -0.05) is 17.3 Å². The van der Waals surface area contributed by atoms with Gasteiger partial charge in [-0.25, -0.2) is 0 Å². The minimum Gasteiger partial charge on any atom is -0.508 e. The Morgan fingerprint density at radius 1 is 1.42 bits per heavy atom. The van der Waals surface area contributed by atoms with Crippen LogP contribution in [0, 0.1) is 0 Å². The molecule has 1 aromatic carbocycles. The smallest absolute Gasteiger partial charge is 0.244 e. The fourth-order valence-electron chi connectivity index (χ4n) is 1.44. The highest BCUT2D eigenvalue weighted by Gasteiger charge is 2.11. The molecule has 0 aliphatic rings. The van der Waals surface area contributed by atoms with Crippen LogP contribution in [0.1, 0.15) is 24.4 Å². The summed E-state index contributed by atoms with van der Waals surface area (Å²) in [4.78, 5) is 11.7. The van der Waals surface area contributed by atoms with E-state index < -0.39 is 0 Å². The number of aromatic hydroxyl groups is 1. The average molecular weight is 259 g/mol. The maximum absolute atomic E-state index is 11.7. The summed E-state index contributed by atoms with van der Waals surface area (Å²) >= 11 is 0. The van der Waals surface area contributed by atoms with E-state index in [2.05, 4.69) is 25.9 Å². The number of nitrogens with one attached hydrogen (secondary N) is 2. The highest BCUT2D eigenvalue weighted by Crippen LogP contribution is 2.10. The van der Waals surface area contributed by atoms with Gasteiger partial charge in [0.1, 0.15) is 5.75 Å². The Bertz CT molecular complexity index is 562. The molecule has 0 saturated carbocycles. The number of hydrogen-bond acceptors (Lipinski definition) is 5. The van der Waals surface area contributed by atoms with Crippen molar-refractivity contribution in [2.75, 3.05) is 0 Å². The molecule has 0 aliphatic heterocycles. The van der Waals surface area contributed by atoms with Crippen molar-refractivity contribution < 1.29 is 9.90 Å². The van der Waals surface area contributed by atoms with Gasteiger partial charge in [0.05, 0.1) is 6.04 Å². The predicted octanol–water partition coefficient (Wildman–Crippen LogP) is 0.796. The molecule has 0 radical (unpaired) electrons. The second kappa shape index (κ2) is 5.76. The number of tetrazole rings is 1. The summed E-state index contributed by atoms with van der Waals surface area (Å²) in [5, 5.41) is 25.1. The molecule has 2 rings (SSSR count). The van der Waals surface area contributed by atoms with E-state index in [1.807, 2.05) is 0 Å². The molecule has 7 nitrogen and oxygen atoms in total. The van der Waals surface area contributed by atoms with E-state index in [1.165, 1.54) is 6.08 Å². The zero-order valence-corrected chi connectivity index (χ0v) is 10.2. The number of phenolic OH excluding ortho intramolecular Hbond substituents is 1. The van der Waals surface area contributed by atoms with Crippen LogP contribution in [0.5, 0.6) is 5.75 Å². The number of hydrogen-bond donors (Lipinski definition) is 3. The van der Waals surface area contributed by atoms with E-state index in [1.54, 1.807) is 37.3 Å². The standard InChI is InChI=1S/C12H13N5O2/c1-8(12-14-16-17-15-12)13-11(19)7-4-9-2-5-10(18)6-3-9/h2-8,18H,1H3,(H,13,19)(H,14,15,16,17). The van der Waals surface area contributed by atoms with E-state index >= 15 is 0 Å². The molecule has 0 aliphatic carbocycles. The number of aromatic nitrogens is 4. The molecule has 19 heavy (non-hydrogen) atoms. The molecule has 3 N–H and O–H groups in total. The molecule has 0 bridgehead atoms. The highest BCUT2D eigenvalue weighted by molar-refractivity contribution is 5.91. The molecule has 0 spiro atoms. The van der Waals surface area contributed by atoms with Crippen LogP contribution in [0.25, 0.3) is 6.08 Å². The van der Waals surface area contributed by atoms with Gasteiger partial charge in [0.2, 0.25) is 5.91 Å². The number of benzene rings is 1. The summed E-state index contributed by atoms with van der Waals surface area (Å²) in [6.07, 6.45) is 3.06. The lowest BCUT2D eigenvalue weighted by molar-refractivity contribution is -0.117. The number of aromatic amines is 1. The van der Waals surface area contributed by atoms with Gasteiger partial charge >= 0.3 is 0 Å². The van der Waals surface area contributed by atoms with E-state index in [4.69, 9.17) is 5.11 Å². The first kappa shape index (κ1) is 12.7. The largest absolute Gasteiger partial charge is 0.508 e. The fraction of sp³-hybridized carbons (Fsp3) is 0.167. The number of phenols is 1. The van der Waals surface area contributed by atoms with Crippen molar-refractivity contribution in [1.82, 2.24) is 25.9 Å². The minimum atomic E-state index is -0.323. The monoisotopic (exact) mass is 259 g/mol. The van der Waals surface area contributed by atoms with Gasteiger partial charge in [0.15, 0.2) is 5.82 Å². The van der Waals surface area contributed by atoms with Crippen LogP contribution < -0.4 is 5.32 Å². The molecule has 2 aromatic rings. The molecule has 1 atom stereocenters. The Morgan fingerprint density at radius 2 is 2.16 bits per heavy atom. The molecule has 1 heterocycles. The van der Waals surface area contributed by atoms with Crippen molar-refractivity contribution in [3.8, 4) is 5.75 Å². The topological polar surface area (TPSA) is 104 Å². The molecule has 1 amide bonds. The van der Waals surface area contributed by atoms with Crippen molar-refractivity contribution in [1.29, 1.82) is 0 Å². The lowest BCUT2D eigenvalue weighted by atomic mass is 10.2. The van der Waals surface area contributed by atoms with Crippen LogP contribution >= 0.6 is 0 Å². The molecular weight excluding hydrogens is 246 g/mol. The van der Waals surface area contributed by atoms with Crippen LogP contribution in [-0.2, 0) is 4.79 Å². The third-order valence-electron chi connectivity index (χ3n) is 2.43. The van der Waals surface area contributed by atoms with Crippen LogP contribution in [0.2, 0.25) is 0 Å². The summed E-state index contributed by atoms with van der Waals surface area (Å²) in [6.45, 7) is 1.76. The Morgan fingerprint density at radius 3 is 2.79 bits per heavy atom. The van der Waals surface area contributed by atoms with Gasteiger partial charge in [0, 0.05) is 6.08 Å². The quantitative estimate of drug-likeness (QED) is 0.704. The van der Waals surface area contributed by atoms with Crippen LogP contribution in [-0.4, -0.2) is 31.6 Å². The lowest BCUT2D eigenvalue weighted by Crippen LogP contribution is -2.25. The average Bonchev–Trinajstić information content (AvgIpc) is 2.92. The van der Waals surface area contributed by atoms with E-state index in [0.29, 0.717) is 5.82 Å². The van der Waals surface area contributed by atoms with Gasteiger partial charge in [-0.05, 0) is 30.7 Å². The first-order valence-electron chi connectivity index (χ1n) is 5.66. The van der Waals surface area contributed by atoms with Crippen molar-refractivity contribution in [2.45, 2.75) is 13.0 Å². The highest BCUT2D eigenvalue weighted by atomic mass is 16.3. The van der Waals surface area contributed by atoms with Crippen molar-refractivity contribution in [2.24, 2.45) is 0 Å². The third kappa shape index (κ3) is 3.63. The summed E-state index contributed by atoms with van der Waals surface area (Å²) in [7, 11) is 0. The zero-order chi connectivity index (χ0) is 13.7. The summed E-state index contributed by atoms with van der Waals surface area (Å²) in [5.74, 6) is 0.351. The molecule has 1 unspecified atom stereocenters. The Kier molecular flexibility index (Phi) is 3.87. The van der Waals surface area contributed by atoms with E-state index in [0.717, 1.165) is 5.56 Å². The summed E-state index contributed by atoms with van der Waals surface area (Å²) in [5.41, 5.74) is 0.820. The zero-order valence-electron chi connectivity index (χ0n) is 10.2. The van der Waals surface area contributed by atoms with Crippen LogP contribution in [0.4, 0.5) is 0 Å². The number of carbonyl (C=O) groups excluding carboxylic acids is 1. The Labute approximate surface area is 109 Å². The summed E-state index contributed by atoms with van der Waals surface area (Å²) in [6, 6.07) is 6.21. The van der Waals surface area contributed by atoms with Crippen LogP contribution in [0.15, 0.2) is 30.3 Å². The minimum absolute atomic E-state index is 0.187. The van der Waals surface area contributed by atoms with Gasteiger partial charge < -0.3 is 10.4 Å². The third-order valence-corrected chi connectivity index (χ3v) is 2.43. The number of carbonyl (C=O) groups is 1. The summed E-state index contributed by atoms with van der Waals surface area (Å²) < 4.78 is 0. The van der Waals surface area contributed by atoms with Crippen LogP contribution in [0.3, 0.4) is 0 Å². The molecule has 0 fully saturated rings. The Balaban J connectivity index is 1.92. The molecule has 7 heteroatoms. The second-order valence-electron chi connectivity index (χ2n) is 3.93. The first-order valence-corrected chi connectivity index (χ1v) is 5.66. The van der Waals surface area contributed by atoms with Crippen molar-refractivity contribution >= 4 is 12.0 Å².